The van der Waals surface area contributed by atoms with Gasteiger partial charge >= 0.3 is 0 Å². The average molecular weight is 491 g/mol. The number of aromatic amines is 1. The molecule has 0 radical (unpaired) electrons. The molecule has 1 aliphatic rings. The number of carbonyl (C=O) groups is 1. The average Bonchev–Trinajstić information content (AvgIpc) is 3.49. The molecule has 182 valence electrons. The molecule has 3 aromatic heterocycles. The van der Waals surface area contributed by atoms with Crippen molar-refractivity contribution in [2.45, 2.75) is 57.9 Å². The number of nitrogens with one attached hydrogen (secondary N) is 1. The van der Waals surface area contributed by atoms with Crippen LogP contribution < -0.4 is 5.56 Å². The summed E-state index contributed by atoms with van der Waals surface area (Å²) in [6, 6.07) is 12.4. The first-order valence-electron chi connectivity index (χ1n) is 12.0. The lowest BCUT2D eigenvalue weighted by Gasteiger charge is -2.32. The summed E-state index contributed by atoms with van der Waals surface area (Å²) in [5, 5.41) is 10.3. The maximum atomic E-state index is 12.8. The molecule has 1 atom stereocenters. The number of nitrogens with zero attached hydrogens (tertiary/aromatic N) is 5. The smallest absolute Gasteiger partial charge is 0.281 e. The first kappa shape index (κ1) is 23.4. The highest BCUT2D eigenvalue weighted by molar-refractivity contribution is 7.10. The fraction of sp³-hybridized carbons (Fsp3) is 0.423. The molecule has 4 aromatic rings. The number of H-pyrrole nitrogens is 1. The molecule has 1 fully saturated rings. The Balaban J connectivity index is 1.37. The summed E-state index contributed by atoms with van der Waals surface area (Å²) < 4.78 is 1.68. The monoisotopic (exact) mass is 490 g/mol. The zero-order valence-corrected chi connectivity index (χ0v) is 21.1. The second kappa shape index (κ2) is 9.37. The molecule has 0 unspecified atom stereocenters. The summed E-state index contributed by atoms with van der Waals surface area (Å²) in [4.78, 5) is 36.3. The molecule has 35 heavy (non-hydrogen) atoms. The van der Waals surface area contributed by atoms with E-state index in [2.05, 4.69) is 60.3 Å². The first-order valence-corrected chi connectivity index (χ1v) is 12.9. The number of amides is 1. The molecular formula is C26H30N6O2S. The van der Waals surface area contributed by atoms with Crippen molar-refractivity contribution in [3.8, 4) is 0 Å². The van der Waals surface area contributed by atoms with Crippen LogP contribution in [0.4, 0.5) is 0 Å². The van der Waals surface area contributed by atoms with Crippen molar-refractivity contribution in [3.63, 3.8) is 0 Å². The molecule has 1 saturated heterocycles. The molecule has 8 nitrogen and oxygen atoms in total. The Morgan fingerprint density at radius 3 is 2.71 bits per heavy atom. The second-order valence-corrected chi connectivity index (χ2v) is 11.3. The van der Waals surface area contributed by atoms with E-state index in [0.717, 1.165) is 29.8 Å². The van der Waals surface area contributed by atoms with E-state index in [4.69, 9.17) is 4.98 Å². The molecular weight excluding hydrogens is 460 g/mol. The quantitative estimate of drug-likeness (QED) is 0.458. The van der Waals surface area contributed by atoms with Crippen LogP contribution in [-0.4, -0.2) is 48.9 Å². The number of rotatable bonds is 5. The fourth-order valence-corrected chi connectivity index (χ4v) is 5.26. The zero-order chi connectivity index (χ0) is 24.6. The van der Waals surface area contributed by atoms with Crippen LogP contribution in [-0.2, 0) is 23.2 Å². The third kappa shape index (κ3) is 5.05. The van der Waals surface area contributed by atoms with Gasteiger partial charge in [0.2, 0.25) is 5.91 Å². The van der Waals surface area contributed by atoms with E-state index in [1.165, 1.54) is 5.56 Å². The van der Waals surface area contributed by atoms with Gasteiger partial charge in [-0.15, -0.1) is 16.4 Å². The Kier molecular flexibility index (Phi) is 6.27. The zero-order valence-electron chi connectivity index (χ0n) is 20.3. The topological polar surface area (TPSA) is 96.8 Å². The minimum atomic E-state index is -0.290. The van der Waals surface area contributed by atoms with Crippen molar-refractivity contribution < 1.29 is 4.79 Å². The number of hydrogen-bond donors (Lipinski definition) is 1. The van der Waals surface area contributed by atoms with E-state index in [1.807, 2.05) is 22.4 Å². The van der Waals surface area contributed by atoms with E-state index in [1.54, 1.807) is 16.0 Å². The van der Waals surface area contributed by atoms with Gasteiger partial charge in [0.25, 0.3) is 5.56 Å². The summed E-state index contributed by atoms with van der Waals surface area (Å²) >= 11 is 1.60. The summed E-state index contributed by atoms with van der Waals surface area (Å²) in [6.45, 7) is 8.32. The van der Waals surface area contributed by atoms with Crippen LogP contribution in [0.3, 0.4) is 0 Å². The van der Waals surface area contributed by atoms with E-state index in [0.29, 0.717) is 31.0 Å². The van der Waals surface area contributed by atoms with Crippen molar-refractivity contribution in [1.82, 2.24) is 29.9 Å². The first-order chi connectivity index (χ1) is 16.8. The van der Waals surface area contributed by atoms with Crippen LogP contribution in [0, 0.1) is 0 Å². The van der Waals surface area contributed by atoms with Gasteiger partial charge in [-0.25, -0.2) is 9.67 Å². The molecule has 1 amide bonds. The standard InChI is InChI=1S/C26H30N6O2S/c1-26(2,3)19-10-8-17(9-11-19)15-32-24-22(29-30-32)25(34)28-23(27-24)18-6-4-12-31(16-18)21(33)14-20-7-5-13-35-20/h5,7-11,13,18H,4,6,12,14-16H2,1-3H3,(H,27,28,34)/t18-/m0/s1. The summed E-state index contributed by atoms with van der Waals surface area (Å²) in [7, 11) is 0. The third-order valence-corrected chi connectivity index (χ3v) is 7.49. The van der Waals surface area contributed by atoms with E-state index in [-0.39, 0.29) is 28.3 Å². The SMILES string of the molecule is CC(C)(C)c1ccc(Cn2nnc3c(=O)[nH]c([C@H]4CCCN(C(=O)Cc5cccs5)C4)nc32)cc1. The Morgan fingerprint density at radius 2 is 2.00 bits per heavy atom. The van der Waals surface area contributed by atoms with Crippen LogP contribution in [0.15, 0.2) is 46.6 Å². The molecule has 0 saturated carbocycles. The highest BCUT2D eigenvalue weighted by Crippen LogP contribution is 2.26. The highest BCUT2D eigenvalue weighted by Gasteiger charge is 2.27. The molecule has 1 aliphatic heterocycles. The molecule has 0 bridgehead atoms. The number of piperidine rings is 1. The van der Waals surface area contributed by atoms with Gasteiger partial charge in [-0.1, -0.05) is 56.3 Å². The van der Waals surface area contributed by atoms with Crippen LogP contribution in [0.2, 0.25) is 0 Å². The van der Waals surface area contributed by atoms with Gasteiger partial charge in [-0.3, -0.25) is 9.59 Å². The lowest BCUT2D eigenvalue weighted by Crippen LogP contribution is -2.40. The van der Waals surface area contributed by atoms with Crippen molar-refractivity contribution in [1.29, 1.82) is 0 Å². The third-order valence-electron chi connectivity index (χ3n) is 6.61. The number of hydrogen-bond acceptors (Lipinski definition) is 6. The highest BCUT2D eigenvalue weighted by atomic mass is 32.1. The van der Waals surface area contributed by atoms with Crippen LogP contribution in [0.1, 0.15) is 61.4 Å². The van der Waals surface area contributed by atoms with Crippen LogP contribution in [0.25, 0.3) is 11.2 Å². The van der Waals surface area contributed by atoms with Gasteiger partial charge < -0.3 is 9.88 Å². The van der Waals surface area contributed by atoms with Gasteiger partial charge in [-0.05, 0) is 40.8 Å². The predicted molar refractivity (Wildman–Crippen MR) is 137 cm³/mol. The molecule has 9 heteroatoms. The normalized spacial score (nSPS) is 16.7. The molecule has 0 aliphatic carbocycles. The van der Waals surface area contributed by atoms with Crippen LogP contribution >= 0.6 is 11.3 Å². The summed E-state index contributed by atoms with van der Waals surface area (Å²) in [5.41, 5.74) is 2.84. The van der Waals surface area contributed by atoms with Gasteiger partial charge in [0, 0.05) is 23.9 Å². The predicted octanol–water partition coefficient (Wildman–Crippen LogP) is 3.87. The largest absolute Gasteiger partial charge is 0.342 e. The van der Waals surface area contributed by atoms with Crippen LogP contribution in [0.5, 0.6) is 0 Å². The summed E-state index contributed by atoms with van der Waals surface area (Å²) in [6.07, 6.45) is 2.16. The van der Waals surface area contributed by atoms with Gasteiger partial charge in [0.1, 0.15) is 5.82 Å². The minimum Gasteiger partial charge on any atom is -0.342 e. The van der Waals surface area contributed by atoms with Crippen molar-refractivity contribution >= 4 is 28.4 Å². The van der Waals surface area contributed by atoms with E-state index >= 15 is 0 Å². The Labute approximate surface area is 208 Å². The maximum absolute atomic E-state index is 12.8. The summed E-state index contributed by atoms with van der Waals surface area (Å²) in [5.74, 6) is 0.691. The maximum Gasteiger partial charge on any atom is 0.281 e. The van der Waals surface area contributed by atoms with Crippen molar-refractivity contribution in [2.24, 2.45) is 0 Å². The lowest BCUT2D eigenvalue weighted by molar-refractivity contribution is -0.131. The van der Waals surface area contributed by atoms with Crippen molar-refractivity contribution in [3.05, 3.63) is 74.0 Å². The Hall–Kier alpha value is -3.33. The Bertz CT molecular complexity index is 1380. The van der Waals surface area contributed by atoms with Gasteiger partial charge in [-0.2, -0.15) is 0 Å². The number of carbonyl (C=O) groups excluding carboxylic acids is 1. The van der Waals surface area contributed by atoms with Crippen molar-refractivity contribution in [2.75, 3.05) is 13.1 Å². The molecule has 4 heterocycles. The molecule has 5 rings (SSSR count). The van der Waals surface area contributed by atoms with E-state index < -0.39 is 0 Å². The molecule has 1 N–H and O–H groups in total. The second-order valence-electron chi connectivity index (χ2n) is 10.3. The number of fused-ring (bicyclic) bond motifs is 1. The minimum absolute atomic E-state index is 0.0254. The number of likely N-dealkylation sites (tertiary alicyclic amines) is 1. The van der Waals surface area contributed by atoms with E-state index in [9.17, 15) is 9.59 Å². The van der Waals surface area contributed by atoms with Gasteiger partial charge in [0.15, 0.2) is 11.2 Å². The lowest BCUT2D eigenvalue weighted by atomic mass is 9.87. The number of thiophene rings is 1. The molecule has 0 spiro atoms. The number of aromatic nitrogens is 5. The van der Waals surface area contributed by atoms with Gasteiger partial charge in [0.05, 0.1) is 13.0 Å². The number of benzene rings is 1. The molecule has 1 aromatic carbocycles. The fourth-order valence-electron chi connectivity index (χ4n) is 4.57. The Morgan fingerprint density at radius 1 is 1.20 bits per heavy atom.